The van der Waals surface area contributed by atoms with Crippen molar-refractivity contribution in [2.75, 3.05) is 26.4 Å². The Hall–Kier alpha value is -0.273. The highest BCUT2D eigenvalue weighted by molar-refractivity contribution is 6.74. The third kappa shape index (κ3) is 6.08. The third-order valence-electron chi connectivity index (χ3n) is 4.58. The molecule has 1 atom stereocenters. The first-order valence-electron chi connectivity index (χ1n) is 8.07. The van der Waals surface area contributed by atoms with Gasteiger partial charge in [-0.15, -0.1) is 0 Å². The summed E-state index contributed by atoms with van der Waals surface area (Å²) in [6, 6.07) is 0. The van der Waals surface area contributed by atoms with Crippen LogP contribution in [0.4, 0.5) is 0 Å². The zero-order valence-corrected chi connectivity index (χ0v) is 15.9. The molecule has 130 valence electrons. The van der Waals surface area contributed by atoms with Gasteiger partial charge in [-0.05, 0) is 31.5 Å². The molecule has 0 amide bonds. The van der Waals surface area contributed by atoms with Crippen LogP contribution in [0.2, 0.25) is 18.1 Å². The average molecular weight is 333 g/mol. The Bertz CT molecular complexity index is 345. The molecule has 1 heterocycles. The maximum Gasteiger partial charge on any atom is 0.192 e. The minimum absolute atomic E-state index is 0.0366. The number of carbonyl (C=O) groups is 1. The summed E-state index contributed by atoms with van der Waals surface area (Å²) >= 11 is 0. The van der Waals surface area contributed by atoms with Crippen LogP contribution >= 0.6 is 0 Å². The van der Waals surface area contributed by atoms with Gasteiger partial charge in [0.2, 0.25) is 0 Å². The number of rotatable bonds is 9. The molecule has 0 aliphatic carbocycles. The molecular formula is C16H32O5Si. The Balaban J connectivity index is 2.60. The quantitative estimate of drug-likeness (QED) is 0.369. The maximum atomic E-state index is 10.5. The molecule has 1 unspecified atom stereocenters. The third-order valence-corrected chi connectivity index (χ3v) is 9.11. The zero-order chi connectivity index (χ0) is 16.9. The Morgan fingerprint density at radius 1 is 1.27 bits per heavy atom. The second kappa shape index (κ2) is 8.01. The standard InChI is InChI=1S/C16H32O5Si/c1-15(2,3)22(5,6)21-14(13-18-10-9-17)7-8-16(4)19-11-12-20-16/h9,14H,7-8,10-13H2,1-6H3. The molecule has 22 heavy (non-hydrogen) atoms. The van der Waals surface area contributed by atoms with Crippen LogP contribution < -0.4 is 0 Å². The molecule has 0 aromatic heterocycles. The lowest BCUT2D eigenvalue weighted by Crippen LogP contribution is -2.45. The van der Waals surface area contributed by atoms with Crippen molar-refractivity contribution in [2.45, 2.75) is 70.6 Å². The Morgan fingerprint density at radius 2 is 1.86 bits per heavy atom. The first kappa shape index (κ1) is 19.8. The summed E-state index contributed by atoms with van der Waals surface area (Å²) in [5.41, 5.74) is 0. The highest BCUT2D eigenvalue weighted by Gasteiger charge is 2.40. The van der Waals surface area contributed by atoms with Crippen LogP contribution in [0.3, 0.4) is 0 Å². The number of ether oxygens (including phenoxy) is 3. The SMILES string of the molecule is CC1(CCC(COCC=O)O[Si](C)(C)C(C)(C)C)OCCO1. The molecule has 1 fully saturated rings. The second-order valence-corrected chi connectivity index (χ2v) is 12.3. The van der Waals surface area contributed by atoms with Gasteiger partial charge in [0.05, 0.1) is 25.9 Å². The smallest absolute Gasteiger partial charge is 0.192 e. The maximum absolute atomic E-state index is 10.5. The largest absolute Gasteiger partial charge is 0.412 e. The molecule has 1 saturated heterocycles. The van der Waals surface area contributed by atoms with Crippen LogP contribution in [0, 0.1) is 0 Å². The lowest BCUT2D eigenvalue weighted by molar-refractivity contribution is -0.152. The van der Waals surface area contributed by atoms with Gasteiger partial charge in [0.15, 0.2) is 14.1 Å². The molecule has 0 saturated carbocycles. The lowest BCUT2D eigenvalue weighted by atomic mass is 10.1. The lowest BCUT2D eigenvalue weighted by Gasteiger charge is -2.39. The van der Waals surface area contributed by atoms with Crippen LogP contribution in [0.1, 0.15) is 40.5 Å². The Morgan fingerprint density at radius 3 is 2.36 bits per heavy atom. The number of hydrogen-bond donors (Lipinski definition) is 0. The van der Waals surface area contributed by atoms with Crippen molar-refractivity contribution in [1.82, 2.24) is 0 Å². The van der Waals surface area contributed by atoms with Crippen LogP contribution in [-0.4, -0.2) is 52.9 Å². The van der Waals surface area contributed by atoms with E-state index in [0.717, 1.165) is 19.1 Å². The van der Waals surface area contributed by atoms with Gasteiger partial charge in [0.1, 0.15) is 12.9 Å². The van der Waals surface area contributed by atoms with Crippen LogP contribution in [0.25, 0.3) is 0 Å². The summed E-state index contributed by atoms with van der Waals surface area (Å²) < 4.78 is 23.1. The topological polar surface area (TPSA) is 54.0 Å². The highest BCUT2D eigenvalue weighted by Crippen LogP contribution is 2.38. The summed E-state index contributed by atoms with van der Waals surface area (Å²) in [6.45, 7) is 14.9. The minimum Gasteiger partial charge on any atom is -0.412 e. The van der Waals surface area contributed by atoms with E-state index in [1.807, 2.05) is 6.92 Å². The van der Waals surface area contributed by atoms with E-state index in [1.165, 1.54) is 0 Å². The van der Waals surface area contributed by atoms with Gasteiger partial charge in [-0.1, -0.05) is 20.8 Å². The predicted octanol–water partition coefficient (Wildman–Crippen LogP) is 3.14. The van der Waals surface area contributed by atoms with E-state index in [2.05, 4.69) is 33.9 Å². The molecule has 1 aliphatic rings. The van der Waals surface area contributed by atoms with Gasteiger partial charge < -0.3 is 23.4 Å². The molecule has 0 spiro atoms. The van der Waals surface area contributed by atoms with Crippen molar-refractivity contribution < 1.29 is 23.4 Å². The van der Waals surface area contributed by atoms with Gasteiger partial charge in [-0.3, -0.25) is 0 Å². The molecule has 1 rings (SSSR count). The normalized spacial score (nSPS) is 20.1. The first-order chi connectivity index (χ1) is 10.1. The Labute approximate surface area is 135 Å². The average Bonchev–Trinajstić information content (AvgIpc) is 2.82. The number of carbonyl (C=O) groups excluding carboxylic acids is 1. The fourth-order valence-electron chi connectivity index (χ4n) is 2.14. The summed E-state index contributed by atoms with van der Waals surface area (Å²) in [4.78, 5) is 10.5. The minimum atomic E-state index is -1.88. The fraction of sp³-hybridized carbons (Fsp3) is 0.938. The van der Waals surface area contributed by atoms with Gasteiger partial charge in [0, 0.05) is 6.42 Å². The molecular weight excluding hydrogens is 300 g/mol. The van der Waals surface area contributed by atoms with E-state index in [0.29, 0.717) is 19.8 Å². The van der Waals surface area contributed by atoms with Gasteiger partial charge in [-0.2, -0.15) is 0 Å². The van der Waals surface area contributed by atoms with E-state index < -0.39 is 14.1 Å². The van der Waals surface area contributed by atoms with Crippen molar-refractivity contribution in [3.8, 4) is 0 Å². The predicted molar refractivity (Wildman–Crippen MR) is 88.5 cm³/mol. The number of aldehydes is 1. The summed E-state index contributed by atoms with van der Waals surface area (Å²) in [7, 11) is -1.88. The monoisotopic (exact) mass is 332 g/mol. The van der Waals surface area contributed by atoms with E-state index in [1.54, 1.807) is 0 Å². The summed E-state index contributed by atoms with van der Waals surface area (Å²) in [6.07, 6.45) is 2.29. The van der Waals surface area contributed by atoms with Crippen LogP contribution in [0.15, 0.2) is 0 Å². The van der Waals surface area contributed by atoms with Gasteiger partial charge >= 0.3 is 0 Å². The molecule has 0 bridgehead atoms. The molecule has 0 aromatic carbocycles. The van der Waals surface area contributed by atoms with Gasteiger partial charge in [-0.25, -0.2) is 0 Å². The van der Waals surface area contributed by atoms with E-state index in [9.17, 15) is 4.79 Å². The van der Waals surface area contributed by atoms with Gasteiger partial charge in [0.25, 0.3) is 0 Å². The van der Waals surface area contributed by atoms with Crippen molar-refractivity contribution in [3.05, 3.63) is 0 Å². The number of hydrogen-bond acceptors (Lipinski definition) is 5. The molecule has 0 radical (unpaired) electrons. The first-order valence-corrected chi connectivity index (χ1v) is 11.0. The molecule has 1 aliphatic heterocycles. The van der Waals surface area contributed by atoms with Crippen molar-refractivity contribution in [2.24, 2.45) is 0 Å². The molecule has 5 nitrogen and oxygen atoms in total. The van der Waals surface area contributed by atoms with E-state index in [-0.39, 0.29) is 17.7 Å². The van der Waals surface area contributed by atoms with E-state index in [4.69, 9.17) is 18.6 Å². The summed E-state index contributed by atoms with van der Waals surface area (Å²) in [5, 5.41) is 0.139. The van der Waals surface area contributed by atoms with E-state index >= 15 is 0 Å². The van der Waals surface area contributed by atoms with Crippen molar-refractivity contribution in [3.63, 3.8) is 0 Å². The van der Waals surface area contributed by atoms with Crippen LogP contribution in [-0.2, 0) is 23.4 Å². The summed E-state index contributed by atoms with van der Waals surface area (Å²) in [5.74, 6) is -0.514. The molecule has 0 aromatic rings. The fourth-order valence-corrected chi connectivity index (χ4v) is 3.51. The second-order valence-electron chi connectivity index (χ2n) is 7.57. The highest BCUT2D eigenvalue weighted by atomic mass is 28.4. The van der Waals surface area contributed by atoms with Crippen LogP contribution in [0.5, 0.6) is 0 Å². The molecule has 6 heteroatoms. The Kier molecular flexibility index (Phi) is 7.20. The molecule has 0 N–H and O–H groups in total. The van der Waals surface area contributed by atoms with Crippen molar-refractivity contribution >= 4 is 14.6 Å². The van der Waals surface area contributed by atoms with Crippen molar-refractivity contribution in [1.29, 1.82) is 0 Å². The zero-order valence-electron chi connectivity index (χ0n) is 14.9.